The topological polar surface area (TPSA) is 52.6 Å². The summed E-state index contributed by atoms with van der Waals surface area (Å²) in [5.74, 6) is -0.954. The number of ether oxygens (including phenoxy) is 2. The summed E-state index contributed by atoms with van der Waals surface area (Å²) >= 11 is 0. The van der Waals surface area contributed by atoms with Crippen molar-refractivity contribution < 1.29 is 19.1 Å². The molecule has 0 fully saturated rings. The molecular formula is C23H44O4. The van der Waals surface area contributed by atoms with Gasteiger partial charge in [0.25, 0.3) is 0 Å². The van der Waals surface area contributed by atoms with Crippen LogP contribution in [0, 0.1) is 16.7 Å². The molecular weight excluding hydrogens is 340 g/mol. The molecule has 0 spiro atoms. The van der Waals surface area contributed by atoms with Crippen molar-refractivity contribution in [2.45, 2.75) is 106 Å². The fourth-order valence-electron chi connectivity index (χ4n) is 2.61. The Hall–Kier alpha value is -1.06. The normalized spacial score (nSPS) is 13.3. The Morgan fingerprint density at radius 1 is 0.741 bits per heavy atom. The van der Waals surface area contributed by atoms with Crippen molar-refractivity contribution in [1.29, 1.82) is 0 Å². The summed E-state index contributed by atoms with van der Waals surface area (Å²) < 4.78 is 10.8. The van der Waals surface area contributed by atoms with Gasteiger partial charge >= 0.3 is 11.9 Å². The Morgan fingerprint density at radius 2 is 1.22 bits per heavy atom. The number of carbonyl (C=O) groups is 2. The molecule has 0 N–H and O–H groups in total. The molecule has 0 saturated heterocycles. The highest BCUT2D eigenvalue weighted by molar-refractivity contribution is 5.80. The van der Waals surface area contributed by atoms with Gasteiger partial charge in [-0.2, -0.15) is 0 Å². The average molecular weight is 385 g/mol. The molecule has 160 valence electrons. The van der Waals surface area contributed by atoms with E-state index >= 15 is 0 Å². The van der Waals surface area contributed by atoms with Gasteiger partial charge in [-0.15, -0.1) is 0 Å². The Labute approximate surface area is 167 Å². The maximum atomic E-state index is 12.5. The van der Waals surface area contributed by atoms with Crippen LogP contribution in [0.4, 0.5) is 0 Å². The molecule has 0 aliphatic rings. The first-order chi connectivity index (χ1) is 12.4. The molecule has 4 nitrogen and oxygen atoms in total. The molecule has 4 heteroatoms. The Bertz CT molecular complexity index is 415. The van der Waals surface area contributed by atoms with Crippen molar-refractivity contribution in [3.63, 3.8) is 0 Å². The SMILES string of the molecule is CCCCCCCCCC(CC(=O)OCC(C)(C)C)C(=O)OCC(C)(C)C. The van der Waals surface area contributed by atoms with E-state index < -0.39 is 5.92 Å². The largest absolute Gasteiger partial charge is 0.465 e. The molecule has 0 aromatic carbocycles. The van der Waals surface area contributed by atoms with Crippen LogP contribution in [-0.4, -0.2) is 25.2 Å². The van der Waals surface area contributed by atoms with E-state index in [4.69, 9.17) is 9.47 Å². The summed E-state index contributed by atoms with van der Waals surface area (Å²) in [6.45, 7) is 15.1. The molecule has 0 amide bonds. The van der Waals surface area contributed by atoms with Crippen molar-refractivity contribution in [2.24, 2.45) is 16.7 Å². The second kappa shape index (κ2) is 13.2. The van der Waals surface area contributed by atoms with Crippen molar-refractivity contribution in [3.05, 3.63) is 0 Å². The molecule has 27 heavy (non-hydrogen) atoms. The Kier molecular flexibility index (Phi) is 12.7. The van der Waals surface area contributed by atoms with Crippen molar-refractivity contribution in [2.75, 3.05) is 13.2 Å². The quantitative estimate of drug-likeness (QED) is 0.276. The zero-order valence-corrected chi connectivity index (χ0v) is 19.0. The lowest BCUT2D eigenvalue weighted by atomic mass is 9.95. The summed E-state index contributed by atoms with van der Waals surface area (Å²) in [6, 6.07) is 0. The molecule has 0 aliphatic carbocycles. The van der Waals surface area contributed by atoms with E-state index in [1.165, 1.54) is 32.1 Å². The lowest BCUT2D eigenvalue weighted by molar-refractivity contribution is -0.158. The molecule has 0 radical (unpaired) electrons. The maximum Gasteiger partial charge on any atom is 0.309 e. The van der Waals surface area contributed by atoms with Crippen LogP contribution in [0.3, 0.4) is 0 Å². The van der Waals surface area contributed by atoms with Crippen LogP contribution in [0.25, 0.3) is 0 Å². The number of hydrogen-bond donors (Lipinski definition) is 0. The van der Waals surface area contributed by atoms with Gasteiger partial charge in [-0.25, -0.2) is 0 Å². The van der Waals surface area contributed by atoms with Crippen LogP contribution >= 0.6 is 0 Å². The van der Waals surface area contributed by atoms with E-state index in [-0.39, 0.29) is 29.2 Å². The van der Waals surface area contributed by atoms with E-state index in [0.717, 1.165) is 12.8 Å². The number of hydrogen-bond acceptors (Lipinski definition) is 4. The van der Waals surface area contributed by atoms with Gasteiger partial charge in [-0.1, -0.05) is 93.4 Å². The van der Waals surface area contributed by atoms with Gasteiger partial charge in [0.15, 0.2) is 0 Å². The lowest BCUT2D eigenvalue weighted by Gasteiger charge is -2.22. The minimum atomic E-state index is -0.393. The molecule has 0 heterocycles. The molecule has 0 aromatic heterocycles. The number of unbranched alkanes of at least 4 members (excludes halogenated alkanes) is 6. The number of rotatable bonds is 13. The Balaban J connectivity index is 4.47. The maximum absolute atomic E-state index is 12.5. The molecule has 0 bridgehead atoms. The third-order valence-electron chi connectivity index (χ3n) is 4.22. The molecule has 1 unspecified atom stereocenters. The molecule has 0 saturated carbocycles. The molecule has 0 aliphatic heterocycles. The zero-order valence-electron chi connectivity index (χ0n) is 19.0. The van der Waals surface area contributed by atoms with E-state index in [1.807, 2.05) is 41.5 Å². The zero-order chi connectivity index (χ0) is 20.9. The second-order valence-electron chi connectivity index (χ2n) is 10.2. The predicted octanol–water partition coefficient (Wildman–Crippen LogP) is 6.31. The molecule has 1 atom stereocenters. The van der Waals surface area contributed by atoms with Crippen LogP contribution in [0.5, 0.6) is 0 Å². The van der Waals surface area contributed by atoms with Crippen LogP contribution in [0.1, 0.15) is 106 Å². The highest BCUT2D eigenvalue weighted by Gasteiger charge is 2.26. The van der Waals surface area contributed by atoms with Crippen LogP contribution in [-0.2, 0) is 19.1 Å². The van der Waals surface area contributed by atoms with Gasteiger partial charge in [-0.05, 0) is 17.3 Å². The smallest absolute Gasteiger partial charge is 0.309 e. The standard InChI is InChI=1S/C23H44O4/c1-8-9-10-11-12-13-14-15-19(21(25)27-18-23(5,6)7)16-20(24)26-17-22(2,3)4/h19H,8-18H2,1-7H3. The lowest BCUT2D eigenvalue weighted by Crippen LogP contribution is -2.27. The third kappa shape index (κ3) is 16.8. The van der Waals surface area contributed by atoms with Crippen LogP contribution in [0.2, 0.25) is 0 Å². The average Bonchev–Trinajstić information content (AvgIpc) is 2.54. The summed E-state index contributed by atoms with van der Waals surface area (Å²) in [5.41, 5.74) is -0.150. The molecule has 0 aromatic rings. The minimum absolute atomic E-state index is 0.0730. The first-order valence-electron chi connectivity index (χ1n) is 10.8. The van der Waals surface area contributed by atoms with Gasteiger partial charge in [-0.3, -0.25) is 9.59 Å². The van der Waals surface area contributed by atoms with E-state index in [2.05, 4.69) is 6.92 Å². The minimum Gasteiger partial charge on any atom is -0.465 e. The summed E-state index contributed by atoms with van der Waals surface area (Å²) in [5, 5.41) is 0. The van der Waals surface area contributed by atoms with Gasteiger partial charge in [0, 0.05) is 0 Å². The van der Waals surface area contributed by atoms with Gasteiger partial charge in [0.1, 0.15) is 0 Å². The third-order valence-corrected chi connectivity index (χ3v) is 4.22. The first-order valence-corrected chi connectivity index (χ1v) is 10.8. The van der Waals surface area contributed by atoms with Crippen molar-refractivity contribution in [3.8, 4) is 0 Å². The van der Waals surface area contributed by atoms with Gasteiger partial charge in [0.2, 0.25) is 0 Å². The van der Waals surface area contributed by atoms with Gasteiger partial charge in [0.05, 0.1) is 25.6 Å². The van der Waals surface area contributed by atoms with E-state index in [1.54, 1.807) is 0 Å². The molecule has 0 rings (SSSR count). The predicted molar refractivity (Wildman–Crippen MR) is 112 cm³/mol. The van der Waals surface area contributed by atoms with Crippen LogP contribution in [0.15, 0.2) is 0 Å². The fourth-order valence-corrected chi connectivity index (χ4v) is 2.61. The first kappa shape index (κ1) is 25.9. The monoisotopic (exact) mass is 384 g/mol. The van der Waals surface area contributed by atoms with Gasteiger partial charge < -0.3 is 9.47 Å². The highest BCUT2D eigenvalue weighted by Crippen LogP contribution is 2.21. The highest BCUT2D eigenvalue weighted by atomic mass is 16.5. The summed E-state index contributed by atoms with van der Waals surface area (Å²) in [6.07, 6.45) is 9.14. The van der Waals surface area contributed by atoms with Crippen molar-refractivity contribution in [1.82, 2.24) is 0 Å². The van der Waals surface area contributed by atoms with E-state index in [0.29, 0.717) is 19.6 Å². The second-order valence-corrected chi connectivity index (χ2v) is 10.2. The van der Waals surface area contributed by atoms with Crippen molar-refractivity contribution >= 4 is 11.9 Å². The number of carbonyl (C=O) groups excluding carboxylic acids is 2. The summed E-state index contributed by atoms with van der Waals surface area (Å²) in [4.78, 5) is 24.7. The summed E-state index contributed by atoms with van der Waals surface area (Å²) in [7, 11) is 0. The van der Waals surface area contributed by atoms with Crippen LogP contribution < -0.4 is 0 Å². The Morgan fingerprint density at radius 3 is 1.74 bits per heavy atom. The number of esters is 2. The fraction of sp³-hybridized carbons (Fsp3) is 0.913. The van der Waals surface area contributed by atoms with E-state index in [9.17, 15) is 9.59 Å².